The van der Waals surface area contributed by atoms with E-state index in [0.29, 0.717) is 48.5 Å². The van der Waals surface area contributed by atoms with Gasteiger partial charge in [0.05, 0.1) is 12.2 Å². The van der Waals surface area contributed by atoms with Gasteiger partial charge in [-0.15, -0.1) is 0 Å². The molecule has 0 spiro atoms. The van der Waals surface area contributed by atoms with Crippen LogP contribution in [-0.4, -0.2) is 40.4 Å². The molecule has 2 saturated heterocycles. The Balaban J connectivity index is 1.54. The molecule has 0 aromatic carbocycles. The van der Waals surface area contributed by atoms with Crippen LogP contribution in [-0.2, 0) is 19.2 Å². The third-order valence-corrected chi connectivity index (χ3v) is 7.44. The number of aliphatic hydroxyl groups excluding tert-OH is 1. The number of aliphatic hydroxyl groups is 1. The fraction of sp³-hybridized carbons (Fsp3) is 0.857. The molecule has 0 aromatic heterocycles. The first-order valence-electron chi connectivity index (χ1n) is 10.5. The van der Waals surface area contributed by atoms with E-state index in [1.807, 2.05) is 6.08 Å². The van der Waals surface area contributed by atoms with Crippen molar-refractivity contribution in [2.45, 2.75) is 89.5 Å². The lowest BCUT2D eigenvalue weighted by atomic mass is 9.63. The highest BCUT2D eigenvalue weighted by atomic mass is 17.1. The second-order valence-corrected chi connectivity index (χ2v) is 9.09. The third kappa shape index (κ3) is 3.62. The van der Waals surface area contributed by atoms with Crippen LogP contribution in [0.2, 0.25) is 0 Å². The van der Waals surface area contributed by atoms with Gasteiger partial charge in [-0.3, -0.25) is 4.79 Å². The van der Waals surface area contributed by atoms with Crippen LogP contribution >= 0.6 is 0 Å². The molecule has 4 rings (SSSR count). The molecule has 152 valence electrons. The van der Waals surface area contributed by atoms with Crippen LogP contribution in [0.1, 0.15) is 65.2 Å². The maximum atomic E-state index is 12.0. The van der Waals surface area contributed by atoms with Gasteiger partial charge in [-0.25, -0.2) is 10.1 Å². The number of Topliss-reactive ketones (excluding diaryl/α,β-unsaturated/α-hetero) is 1. The normalized spacial score (nSPS) is 45.8. The molecule has 1 unspecified atom stereocenters. The highest BCUT2D eigenvalue weighted by molar-refractivity contribution is 5.98. The zero-order valence-electron chi connectivity index (χ0n) is 16.3. The van der Waals surface area contributed by atoms with Crippen molar-refractivity contribution in [3.63, 3.8) is 0 Å². The summed E-state index contributed by atoms with van der Waals surface area (Å²) in [7, 11) is 0. The first-order valence-corrected chi connectivity index (χ1v) is 10.5. The van der Waals surface area contributed by atoms with Gasteiger partial charge < -0.3 is 14.6 Å². The Morgan fingerprint density at radius 3 is 2.89 bits per heavy atom. The highest BCUT2D eigenvalue weighted by Gasteiger charge is 2.53. The van der Waals surface area contributed by atoms with Crippen LogP contribution in [0.5, 0.6) is 0 Å². The number of hydrogen-bond donors (Lipinski definition) is 2. The van der Waals surface area contributed by atoms with E-state index in [4.69, 9.17) is 9.47 Å². The molecule has 0 amide bonds. The van der Waals surface area contributed by atoms with E-state index < -0.39 is 18.2 Å². The maximum absolute atomic E-state index is 12.0. The Morgan fingerprint density at radius 2 is 2.19 bits per heavy atom. The quantitative estimate of drug-likeness (QED) is 0.574. The molecule has 2 aliphatic carbocycles. The van der Waals surface area contributed by atoms with Crippen molar-refractivity contribution < 1.29 is 29.5 Å². The number of carbonyl (C=O) groups excluding carboxylic acids is 1. The first-order chi connectivity index (χ1) is 12.9. The van der Waals surface area contributed by atoms with Crippen LogP contribution in [0, 0.1) is 23.7 Å². The molecule has 1 saturated carbocycles. The van der Waals surface area contributed by atoms with E-state index in [1.165, 1.54) is 6.42 Å². The number of carbonyl (C=O) groups is 1. The average molecular weight is 380 g/mol. The van der Waals surface area contributed by atoms with Crippen molar-refractivity contribution in [2.24, 2.45) is 23.7 Å². The average Bonchev–Trinajstić information content (AvgIpc) is 3.03. The molecule has 8 atom stereocenters. The first kappa shape index (κ1) is 19.5. The Bertz CT molecular complexity index is 603. The van der Waals surface area contributed by atoms with Crippen molar-refractivity contribution in [1.29, 1.82) is 0 Å². The summed E-state index contributed by atoms with van der Waals surface area (Å²) in [6.07, 6.45) is 7.16. The van der Waals surface area contributed by atoms with Gasteiger partial charge in [0.25, 0.3) is 0 Å². The van der Waals surface area contributed by atoms with Crippen molar-refractivity contribution in [3.05, 3.63) is 11.6 Å². The lowest BCUT2D eigenvalue weighted by molar-refractivity contribution is -0.435. The highest BCUT2D eigenvalue weighted by Crippen LogP contribution is 2.52. The number of hydrogen-bond acceptors (Lipinski definition) is 6. The topological polar surface area (TPSA) is 85.2 Å². The van der Waals surface area contributed by atoms with Gasteiger partial charge in [0, 0.05) is 30.8 Å². The van der Waals surface area contributed by atoms with Gasteiger partial charge >= 0.3 is 0 Å². The van der Waals surface area contributed by atoms with Crippen molar-refractivity contribution in [3.8, 4) is 0 Å². The van der Waals surface area contributed by atoms with Crippen LogP contribution in [0.3, 0.4) is 0 Å². The minimum Gasteiger partial charge on any atom is -0.388 e. The Labute approximate surface area is 160 Å². The summed E-state index contributed by atoms with van der Waals surface area (Å²) in [5.74, 6) is 0.566. The summed E-state index contributed by atoms with van der Waals surface area (Å²) in [5.41, 5.74) is 0.541. The van der Waals surface area contributed by atoms with E-state index >= 15 is 0 Å². The molecule has 2 heterocycles. The Morgan fingerprint density at radius 1 is 1.37 bits per heavy atom. The molecule has 4 aliphatic rings. The lowest BCUT2D eigenvalue weighted by Gasteiger charge is -2.51. The van der Waals surface area contributed by atoms with Gasteiger partial charge in [-0.2, -0.15) is 0 Å². The van der Waals surface area contributed by atoms with Gasteiger partial charge in [-0.1, -0.05) is 19.4 Å². The fourth-order valence-electron chi connectivity index (χ4n) is 5.87. The van der Waals surface area contributed by atoms with Gasteiger partial charge in [0.2, 0.25) is 5.79 Å². The summed E-state index contributed by atoms with van der Waals surface area (Å²) in [5, 5.41) is 20.0. The Kier molecular flexibility index (Phi) is 5.47. The number of ether oxygens (including phenoxy) is 2. The predicted molar refractivity (Wildman–Crippen MR) is 97.5 cm³/mol. The third-order valence-electron chi connectivity index (χ3n) is 7.44. The predicted octanol–water partition coefficient (Wildman–Crippen LogP) is 3.44. The zero-order chi connectivity index (χ0) is 19.2. The van der Waals surface area contributed by atoms with Crippen molar-refractivity contribution >= 4 is 5.78 Å². The molecule has 0 bridgehead atoms. The minimum absolute atomic E-state index is 0.0496. The van der Waals surface area contributed by atoms with E-state index in [1.54, 1.807) is 6.92 Å². The molecular weight excluding hydrogens is 348 g/mol. The van der Waals surface area contributed by atoms with Gasteiger partial charge in [0.15, 0.2) is 12.1 Å². The number of rotatable bonds is 4. The van der Waals surface area contributed by atoms with E-state index in [-0.39, 0.29) is 11.9 Å². The molecule has 0 radical (unpaired) electrons. The molecule has 2 aliphatic heterocycles. The molecule has 6 heteroatoms. The molecule has 0 aromatic rings. The number of ketones is 1. The monoisotopic (exact) mass is 380 g/mol. The largest absolute Gasteiger partial charge is 0.388 e. The molecule has 2 N–H and O–H groups in total. The smallest absolute Gasteiger partial charge is 0.201 e. The standard InChI is InChI=1S/C21H32O6/c1-12-14-6-3-5-13-9-10-21(2,27-24)26-20(19(13)14)25-18(12)11-17(23)15-7-4-8-16(15)22/h7,12-14,17-20,23-24H,3-6,8-11H2,1-2H3/t12-,13-,14+,17-,18-,19?,20-,21-/m1/s1. The van der Waals surface area contributed by atoms with Gasteiger partial charge in [-0.05, 0) is 50.4 Å². The summed E-state index contributed by atoms with van der Waals surface area (Å²) in [6.45, 7) is 3.96. The minimum atomic E-state index is -1.06. The second-order valence-electron chi connectivity index (χ2n) is 9.09. The summed E-state index contributed by atoms with van der Waals surface area (Å²) >= 11 is 0. The SMILES string of the molecule is C[C@@H]1[C@@H]2CCC[C@@H]3CC[C@@](C)(OO)O[C@@H](O[C@@H]1C[C@@H](O)C1=CCCC1=O)C32. The fourth-order valence-corrected chi connectivity index (χ4v) is 5.87. The number of allylic oxidation sites excluding steroid dienone is 1. The summed E-state index contributed by atoms with van der Waals surface area (Å²) in [4.78, 5) is 16.7. The summed E-state index contributed by atoms with van der Waals surface area (Å²) < 4.78 is 12.5. The van der Waals surface area contributed by atoms with Gasteiger partial charge in [0.1, 0.15) is 0 Å². The zero-order valence-corrected chi connectivity index (χ0v) is 16.3. The summed E-state index contributed by atoms with van der Waals surface area (Å²) in [6, 6.07) is 0. The maximum Gasteiger partial charge on any atom is 0.201 e. The van der Waals surface area contributed by atoms with E-state index in [9.17, 15) is 15.2 Å². The Hall–Kier alpha value is -0.790. The van der Waals surface area contributed by atoms with Crippen molar-refractivity contribution in [1.82, 2.24) is 0 Å². The van der Waals surface area contributed by atoms with Crippen LogP contribution in [0.15, 0.2) is 11.6 Å². The van der Waals surface area contributed by atoms with Crippen LogP contribution in [0.25, 0.3) is 0 Å². The van der Waals surface area contributed by atoms with Crippen LogP contribution < -0.4 is 0 Å². The van der Waals surface area contributed by atoms with E-state index in [2.05, 4.69) is 11.8 Å². The molecule has 27 heavy (non-hydrogen) atoms. The molecular formula is C21H32O6. The van der Waals surface area contributed by atoms with Crippen LogP contribution in [0.4, 0.5) is 0 Å². The molecule has 6 nitrogen and oxygen atoms in total. The van der Waals surface area contributed by atoms with Crippen molar-refractivity contribution in [2.75, 3.05) is 0 Å². The lowest BCUT2D eigenvalue weighted by Crippen LogP contribution is -2.53. The second kappa shape index (κ2) is 7.56. The molecule has 3 fully saturated rings. The van der Waals surface area contributed by atoms with E-state index in [0.717, 1.165) is 25.7 Å².